The standard InChI is InChI=1S/C56H66N6O9S2/c1-6-40(7-2)58-53(64)18-12-20-72-73-21-13-19-54(65)59-41-23-35(33-70-51-29-44(39(32-63)27-49(51)68-4)57-31-42-25-37-14-8-10-16-46(37)61(42)3)22-36(24-41)34-71-52-30-45-43(28-50(52)69-5)56(67)62-47-17-11-9-15-38(47)26-48(62)55(66)60-45/h8-11,14-17,22-24,27-30,32,40,42,48,55,57,60,66H,6-7,12-13,18-21,25-26,31,33-34H2,1-5H3,(H,58,64)(H,59,65)/t42?,48?,55-/m1/s1. The number of carbonyl (C=O) groups is 4. The maximum absolute atomic E-state index is 14.1. The third-order valence-corrected chi connectivity index (χ3v) is 16.2. The molecule has 5 N–H and O–H groups in total. The van der Waals surface area contributed by atoms with Gasteiger partial charge in [0.25, 0.3) is 5.91 Å². The zero-order valence-electron chi connectivity index (χ0n) is 42.2. The molecule has 17 heteroatoms. The van der Waals surface area contributed by atoms with Crippen LogP contribution < -0.4 is 50.0 Å². The number of methoxy groups -OCH3 is 2. The lowest BCUT2D eigenvalue weighted by Gasteiger charge is -2.26. The molecular weight excluding hydrogens is 965 g/mol. The van der Waals surface area contributed by atoms with Gasteiger partial charge in [-0.25, -0.2) is 0 Å². The molecule has 8 rings (SSSR count). The van der Waals surface area contributed by atoms with Crippen molar-refractivity contribution in [3.63, 3.8) is 0 Å². The van der Waals surface area contributed by atoms with Gasteiger partial charge in [0, 0.05) is 84.4 Å². The van der Waals surface area contributed by atoms with Crippen molar-refractivity contribution in [2.24, 2.45) is 0 Å². The Kier molecular flexibility index (Phi) is 18.0. The van der Waals surface area contributed by atoms with Crippen LogP contribution in [0.3, 0.4) is 0 Å². The zero-order chi connectivity index (χ0) is 51.4. The molecule has 3 aliphatic rings. The third kappa shape index (κ3) is 12.8. The molecule has 3 amide bonds. The van der Waals surface area contributed by atoms with E-state index in [4.69, 9.17) is 18.9 Å². The van der Waals surface area contributed by atoms with E-state index < -0.39 is 12.3 Å². The molecule has 386 valence electrons. The van der Waals surface area contributed by atoms with Crippen molar-refractivity contribution in [3.05, 3.63) is 124 Å². The Morgan fingerprint density at radius 2 is 1.41 bits per heavy atom. The Balaban J connectivity index is 0.957. The molecular formula is C56H66N6O9S2. The normalized spacial score (nSPS) is 16.4. The highest BCUT2D eigenvalue weighted by molar-refractivity contribution is 8.76. The van der Waals surface area contributed by atoms with E-state index in [1.807, 2.05) is 54.6 Å². The molecule has 15 nitrogen and oxygen atoms in total. The number of aliphatic hydroxyl groups excluding tert-OH is 1. The minimum absolute atomic E-state index is 0.0443. The molecule has 5 aromatic rings. The molecule has 73 heavy (non-hydrogen) atoms. The number of ether oxygens (including phenoxy) is 4. The summed E-state index contributed by atoms with van der Waals surface area (Å²) in [6, 6.07) is 28.3. The molecule has 0 saturated heterocycles. The summed E-state index contributed by atoms with van der Waals surface area (Å²) in [5.74, 6) is 2.83. The van der Waals surface area contributed by atoms with E-state index in [1.165, 1.54) is 25.5 Å². The topological polar surface area (TPSA) is 180 Å². The summed E-state index contributed by atoms with van der Waals surface area (Å²) in [7, 11) is 8.54. The fraction of sp³-hybridized carbons (Fsp3) is 0.393. The van der Waals surface area contributed by atoms with Gasteiger partial charge in [-0.2, -0.15) is 0 Å². The van der Waals surface area contributed by atoms with Crippen molar-refractivity contribution >= 4 is 74.0 Å². The Labute approximate surface area is 435 Å². The number of rotatable bonds is 25. The number of hydrogen-bond donors (Lipinski definition) is 5. The molecule has 3 aliphatic heterocycles. The van der Waals surface area contributed by atoms with E-state index in [1.54, 1.807) is 50.8 Å². The number of hydrogen-bond acceptors (Lipinski definition) is 14. The van der Waals surface area contributed by atoms with Crippen LogP contribution in [0.15, 0.2) is 91.0 Å². The van der Waals surface area contributed by atoms with Crippen LogP contribution in [0.1, 0.15) is 95.3 Å². The van der Waals surface area contributed by atoms with E-state index in [0.717, 1.165) is 60.3 Å². The maximum Gasteiger partial charge on any atom is 0.260 e. The largest absolute Gasteiger partial charge is 0.493 e. The molecule has 0 bridgehead atoms. The number of nitrogens with one attached hydrogen (secondary N) is 4. The Hall–Kier alpha value is -6.56. The lowest BCUT2D eigenvalue weighted by molar-refractivity contribution is -0.122. The molecule has 0 spiro atoms. The highest BCUT2D eigenvalue weighted by Crippen LogP contribution is 2.42. The van der Waals surface area contributed by atoms with Gasteiger partial charge in [-0.15, -0.1) is 0 Å². The summed E-state index contributed by atoms with van der Waals surface area (Å²) in [5.41, 5.74) is 8.03. The van der Waals surface area contributed by atoms with E-state index >= 15 is 0 Å². The second kappa shape index (κ2) is 24.9. The lowest BCUT2D eigenvalue weighted by Crippen LogP contribution is -2.45. The number of carbonyl (C=O) groups excluding carboxylic acids is 4. The number of aldehydes is 1. The van der Waals surface area contributed by atoms with Crippen LogP contribution in [-0.2, 0) is 35.6 Å². The van der Waals surface area contributed by atoms with Gasteiger partial charge in [0.1, 0.15) is 19.4 Å². The Morgan fingerprint density at radius 1 is 0.795 bits per heavy atom. The van der Waals surface area contributed by atoms with Gasteiger partial charge < -0.3 is 55.1 Å². The monoisotopic (exact) mass is 1030 g/mol. The van der Waals surface area contributed by atoms with Crippen molar-refractivity contribution in [3.8, 4) is 23.0 Å². The summed E-state index contributed by atoms with van der Waals surface area (Å²) in [6.45, 7) is 4.87. The molecule has 5 aromatic carbocycles. The van der Waals surface area contributed by atoms with Crippen molar-refractivity contribution in [2.45, 2.75) is 103 Å². The number of para-hydroxylation sites is 2. The van der Waals surface area contributed by atoms with Gasteiger partial charge in [0.15, 0.2) is 29.3 Å². The first-order chi connectivity index (χ1) is 35.5. The van der Waals surface area contributed by atoms with Crippen LogP contribution >= 0.6 is 21.6 Å². The second-order valence-electron chi connectivity index (χ2n) is 18.5. The number of benzene rings is 5. The Morgan fingerprint density at radius 3 is 2.05 bits per heavy atom. The minimum Gasteiger partial charge on any atom is -0.493 e. The number of aliphatic hydroxyl groups is 1. The predicted molar refractivity (Wildman–Crippen MR) is 292 cm³/mol. The first-order valence-corrected chi connectivity index (χ1v) is 27.5. The summed E-state index contributed by atoms with van der Waals surface area (Å²) in [4.78, 5) is 56.1. The van der Waals surface area contributed by atoms with Crippen LogP contribution in [0.4, 0.5) is 28.4 Å². The van der Waals surface area contributed by atoms with Crippen molar-refractivity contribution < 1.29 is 43.2 Å². The molecule has 0 saturated carbocycles. The highest BCUT2D eigenvalue weighted by atomic mass is 33.1. The average molecular weight is 1030 g/mol. The van der Waals surface area contributed by atoms with Gasteiger partial charge >= 0.3 is 0 Å². The third-order valence-electron chi connectivity index (χ3n) is 13.6. The summed E-state index contributed by atoms with van der Waals surface area (Å²) in [6.07, 6.45) is 5.28. The molecule has 0 radical (unpaired) electrons. The fourth-order valence-electron chi connectivity index (χ4n) is 9.63. The smallest absolute Gasteiger partial charge is 0.260 e. The molecule has 0 aromatic heterocycles. The van der Waals surface area contributed by atoms with Gasteiger partial charge in [-0.1, -0.05) is 71.8 Å². The fourth-order valence-corrected chi connectivity index (χ4v) is 11.8. The van der Waals surface area contributed by atoms with E-state index in [9.17, 15) is 24.3 Å². The van der Waals surface area contributed by atoms with Crippen molar-refractivity contribution in [2.75, 3.05) is 65.1 Å². The highest BCUT2D eigenvalue weighted by Gasteiger charge is 2.42. The number of fused-ring (bicyclic) bond motifs is 5. The first-order valence-electron chi connectivity index (χ1n) is 25.0. The SMILES string of the molecule is CCC(CC)NC(=O)CCCSSCCCC(=O)Nc1cc(COc2cc(NCC3Cc4ccccc4N3C)c(C=O)cc2OC)cc(COc2cc3c(cc2OC)C(=O)N2c4ccccc4CC2[C@@H](O)N3)c1. The van der Waals surface area contributed by atoms with E-state index in [-0.39, 0.29) is 43.0 Å². The van der Waals surface area contributed by atoms with Gasteiger partial charge in [-0.3, -0.25) is 19.2 Å². The van der Waals surface area contributed by atoms with Crippen LogP contribution in [-0.4, -0.2) is 92.8 Å². The minimum atomic E-state index is -1.05. The van der Waals surface area contributed by atoms with Crippen LogP contribution in [0.25, 0.3) is 0 Å². The number of likely N-dealkylation sites (N-methyl/N-ethyl adjacent to an activating group) is 1. The molecule has 2 unspecified atom stereocenters. The summed E-state index contributed by atoms with van der Waals surface area (Å²) in [5, 5.41) is 24.2. The summed E-state index contributed by atoms with van der Waals surface area (Å²) < 4.78 is 24.4. The van der Waals surface area contributed by atoms with Crippen molar-refractivity contribution in [1.29, 1.82) is 0 Å². The maximum atomic E-state index is 14.1. The van der Waals surface area contributed by atoms with Crippen LogP contribution in [0.5, 0.6) is 23.0 Å². The first kappa shape index (κ1) is 52.8. The molecule has 3 atom stereocenters. The van der Waals surface area contributed by atoms with Crippen LogP contribution in [0.2, 0.25) is 0 Å². The van der Waals surface area contributed by atoms with Gasteiger partial charge in [0.2, 0.25) is 11.8 Å². The van der Waals surface area contributed by atoms with E-state index in [0.29, 0.717) is 89.0 Å². The molecule has 3 heterocycles. The molecule has 0 aliphatic carbocycles. The number of anilines is 5. The molecule has 0 fully saturated rings. The average Bonchev–Trinajstić information content (AvgIpc) is 3.93. The quantitative estimate of drug-likeness (QED) is 0.0212. The predicted octanol–water partition coefficient (Wildman–Crippen LogP) is 9.65. The lowest BCUT2D eigenvalue weighted by atomic mass is 10.1. The second-order valence-corrected chi connectivity index (χ2v) is 21.2. The Bertz CT molecular complexity index is 2770. The number of amides is 3. The van der Waals surface area contributed by atoms with E-state index in [2.05, 4.69) is 59.2 Å². The number of nitrogens with zero attached hydrogens (tertiary/aromatic N) is 2. The summed E-state index contributed by atoms with van der Waals surface area (Å²) >= 11 is 0. The van der Waals surface area contributed by atoms with Crippen molar-refractivity contribution in [1.82, 2.24) is 5.32 Å². The van der Waals surface area contributed by atoms with Crippen LogP contribution in [0, 0.1) is 0 Å². The van der Waals surface area contributed by atoms with Gasteiger partial charge in [0.05, 0.1) is 37.6 Å². The van der Waals surface area contributed by atoms with Gasteiger partial charge in [-0.05, 0) is 103 Å². The zero-order valence-corrected chi connectivity index (χ0v) is 43.8.